The van der Waals surface area contributed by atoms with Crippen LogP contribution >= 0.6 is 0 Å². The Labute approximate surface area is 469 Å². The quantitative estimate of drug-likeness (QED) is 0.0456. The molecule has 0 aromatic heterocycles. The number of esters is 1. The van der Waals surface area contributed by atoms with Gasteiger partial charge in [0.25, 0.3) is 0 Å². The lowest BCUT2D eigenvalue weighted by Crippen LogP contribution is -2.64. The fourth-order valence-electron chi connectivity index (χ4n) is 9.75. The summed E-state index contributed by atoms with van der Waals surface area (Å²) in [6.45, 7) is 1.21. The molecule has 412 valence electrons. The summed E-state index contributed by atoms with van der Waals surface area (Å²) in [5.41, 5.74) is 7.32. The van der Waals surface area contributed by atoms with Gasteiger partial charge in [-0.3, -0.25) is 0 Å². The van der Waals surface area contributed by atoms with Crippen LogP contribution in [0.3, 0.4) is 0 Å². The third kappa shape index (κ3) is 16.2. The van der Waals surface area contributed by atoms with Gasteiger partial charge in [0.15, 0.2) is 18.7 Å². The average molecular weight is 1080 g/mol. The molecule has 8 aromatic rings. The van der Waals surface area contributed by atoms with Crippen molar-refractivity contribution in [2.24, 2.45) is 0 Å². The van der Waals surface area contributed by atoms with Crippen LogP contribution in [0.4, 0.5) is 0 Å². The Bertz CT molecular complexity index is 2980. The summed E-state index contributed by atoms with van der Waals surface area (Å²) in [7, 11) is 0. The number of benzene rings is 8. The highest BCUT2D eigenvalue weighted by atomic mass is 16.8. The molecule has 2 aliphatic heterocycles. The second-order valence-corrected chi connectivity index (χ2v) is 19.8. The van der Waals surface area contributed by atoms with Crippen LogP contribution in [0.1, 0.15) is 44.5 Å². The van der Waals surface area contributed by atoms with Crippen molar-refractivity contribution in [2.75, 3.05) is 6.61 Å². The fourth-order valence-corrected chi connectivity index (χ4v) is 9.75. The minimum atomic E-state index is -1.35. The van der Waals surface area contributed by atoms with E-state index in [1.54, 1.807) is 0 Å². The first-order valence-electron chi connectivity index (χ1n) is 27.3. The van der Waals surface area contributed by atoms with Crippen LogP contribution in [-0.2, 0) is 110 Å². The van der Waals surface area contributed by atoms with E-state index in [2.05, 4.69) is 0 Å². The topological polar surface area (TPSA) is 119 Å². The molecule has 10 atom stereocenters. The summed E-state index contributed by atoms with van der Waals surface area (Å²) in [6.07, 6.45) is -9.83. The lowest BCUT2D eigenvalue weighted by molar-refractivity contribution is -0.351. The van der Waals surface area contributed by atoms with Gasteiger partial charge in [-0.1, -0.05) is 243 Å². The van der Waals surface area contributed by atoms with E-state index in [4.69, 9.17) is 52.1 Å². The zero-order valence-corrected chi connectivity index (χ0v) is 44.6. The first-order valence-corrected chi connectivity index (χ1v) is 27.3. The largest absolute Gasteiger partial charge is 0.459 e. The fraction of sp³-hybridized carbons (Fsp3) is 0.279. The maximum absolute atomic E-state index is 14.8. The zero-order chi connectivity index (χ0) is 54.4. The van der Waals surface area contributed by atoms with Gasteiger partial charge >= 0.3 is 5.97 Å². The van der Waals surface area contributed by atoms with Crippen LogP contribution < -0.4 is 0 Å². The Hall–Kier alpha value is -7.17. The van der Waals surface area contributed by atoms with Crippen molar-refractivity contribution in [2.45, 2.75) is 114 Å². The molecule has 2 aliphatic rings. The van der Waals surface area contributed by atoms with Gasteiger partial charge in [-0.25, -0.2) is 4.79 Å². The molecular weight excluding hydrogens is 1010 g/mol. The molecule has 0 unspecified atom stereocenters. The third-order valence-corrected chi connectivity index (χ3v) is 13.9. The minimum Gasteiger partial charge on any atom is -0.459 e. The molecule has 2 heterocycles. The minimum absolute atomic E-state index is 0.00145. The summed E-state index contributed by atoms with van der Waals surface area (Å²) in [5.74, 6) is -0.657. The normalized spacial score (nSPS) is 22.8. The van der Waals surface area contributed by atoms with Crippen molar-refractivity contribution >= 4 is 5.97 Å². The highest BCUT2D eigenvalue weighted by Crippen LogP contribution is 2.36. The molecular formula is C68H68O12. The van der Waals surface area contributed by atoms with E-state index in [9.17, 15) is 4.79 Å². The number of carbonyl (C=O) groups is 1. The smallest absolute Gasteiger partial charge is 0.338 e. The number of hydrogen-bond acceptors (Lipinski definition) is 12. The standard InChI is InChI=1S/C68H68O12/c69-66(76-47-56-37-21-7-22-38-56)63-61(72-43-52-29-13-3-14-30-52)62(73-44-53-31-15-4-16-32-53)65(75-46-55-35-19-6-20-36-55)68(80-63)78-49-58-59(70-41-50-25-9-1-10-26-50)60(71-42-51-27-11-2-12-28-51)64(74-45-54-33-17-5-18-34-54)67(79-58)77-48-57-39-23-8-24-40-57/h1-40,58-65,67-68H,41-49H2/t58-,59-,60+,61+,62+,63+,64-,65-,67+,68-/m1/s1. The summed E-state index contributed by atoms with van der Waals surface area (Å²) in [4.78, 5) is 14.8. The Morgan fingerprint density at radius 3 is 0.887 bits per heavy atom. The molecule has 0 saturated carbocycles. The van der Waals surface area contributed by atoms with Crippen LogP contribution in [0.2, 0.25) is 0 Å². The van der Waals surface area contributed by atoms with E-state index in [1.807, 2.05) is 243 Å². The molecule has 0 amide bonds. The molecule has 0 aliphatic carbocycles. The van der Waals surface area contributed by atoms with Crippen molar-refractivity contribution in [1.29, 1.82) is 0 Å². The Kier molecular flexibility index (Phi) is 21.0. The van der Waals surface area contributed by atoms with Crippen LogP contribution in [0.15, 0.2) is 243 Å². The zero-order valence-electron chi connectivity index (χ0n) is 44.6. The first-order chi connectivity index (χ1) is 39.6. The van der Waals surface area contributed by atoms with Gasteiger partial charge in [0.1, 0.15) is 49.3 Å². The second kappa shape index (κ2) is 29.9. The summed E-state index contributed by atoms with van der Waals surface area (Å²) >= 11 is 0. The van der Waals surface area contributed by atoms with Gasteiger partial charge in [0.05, 0.1) is 52.9 Å². The van der Waals surface area contributed by atoms with Crippen LogP contribution in [0, 0.1) is 0 Å². The number of hydrogen-bond donors (Lipinski definition) is 0. The lowest BCUT2D eigenvalue weighted by atomic mass is 9.96. The molecule has 12 heteroatoms. The van der Waals surface area contributed by atoms with Gasteiger partial charge in [0, 0.05) is 0 Å². The molecule has 0 radical (unpaired) electrons. The van der Waals surface area contributed by atoms with Gasteiger partial charge in [0.2, 0.25) is 0 Å². The summed E-state index contributed by atoms with van der Waals surface area (Å²) < 4.78 is 75.7. The van der Waals surface area contributed by atoms with Crippen LogP contribution in [0.5, 0.6) is 0 Å². The molecule has 0 spiro atoms. The Morgan fingerprint density at radius 1 is 0.275 bits per heavy atom. The maximum atomic E-state index is 14.8. The highest BCUT2D eigenvalue weighted by molar-refractivity contribution is 5.76. The van der Waals surface area contributed by atoms with Gasteiger partial charge in [-0.2, -0.15) is 0 Å². The SMILES string of the molecule is O=C(OCc1ccccc1)[C@H]1O[C@@H](OC[C@H]2O[C@H](OCc3ccccc3)[C@H](OCc3ccccc3)[C@@H](OCc3ccccc3)[C@@H]2OCc2ccccc2)[C@H](OCc2ccccc2)[C@@H](OCc2ccccc2)[C@@H]1OCc1ccccc1. The number of carbonyl (C=O) groups excluding carboxylic acids is 1. The molecule has 10 rings (SSSR count). The van der Waals surface area contributed by atoms with Crippen molar-refractivity contribution in [3.8, 4) is 0 Å². The predicted molar refractivity (Wildman–Crippen MR) is 301 cm³/mol. The second-order valence-electron chi connectivity index (χ2n) is 19.8. The predicted octanol–water partition coefficient (Wildman–Crippen LogP) is 11.9. The van der Waals surface area contributed by atoms with E-state index in [1.165, 1.54) is 0 Å². The van der Waals surface area contributed by atoms with E-state index in [0.717, 1.165) is 44.5 Å². The molecule has 0 N–H and O–H groups in total. The molecule has 12 nitrogen and oxygen atoms in total. The summed E-state index contributed by atoms with van der Waals surface area (Å²) in [6, 6.07) is 78.7. The van der Waals surface area contributed by atoms with Gasteiger partial charge in [-0.15, -0.1) is 0 Å². The highest BCUT2D eigenvalue weighted by Gasteiger charge is 2.54. The Balaban J connectivity index is 1.02. The summed E-state index contributed by atoms with van der Waals surface area (Å²) in [5, 5.41) is 0. The Morgan fingerprint density at radius 2 is 0.537 bits per heavy atom. The van der Waals surface area contributed by atoms with E-state index < -0.39 is 67.4 Å². The molecule has 8 aromatic carbocycles. The van der Waals surface area contributed by atoms with Crippen LogP contribution in [0.25, 0.3) is 0 Å². The lowest BCUT2D eigenvalue weighted by Gasteiger charge is -2.47. The van der Waals surface area contributed by atoms with Crippen molar-refractivity contribution in [3.05, 3.63) is 287 Å². The van der Waals surface area contributed by atoms with Gasteiger partial charge < -0.3 is 52.1 Å². The average Bonchev–Trinajstić information content (AvgIpc) is 3.54. The molecule has 2 saturated heterocycles. The van der Waals surface area contributed by atoms with Crippen molar-refractivity contribution < 1.29 is 56.9 Å². The van der Waals surface area contributed by atoms with E-state index >= 15 is 0 Å². The molecule has 2 fully saturated rings. The van der Waals surface area contributed by atoms with Crippen molar-refractivity contribution in [3.63, 3.8) is 0 Å². The monoisotopic (exact) mass is 1080 g/mol. The van der Waals surface area contributed by atoms with Crippen molar-refractivity contribution in [1.82, 2.24) is 0 Å². The number of ether oxygens (including phenoxy) is 11. The van der Waals surface area contributed by atoms with E-state index in [0.29, 0.717) is 0 Å². The van der Waals surface area contributed by atoms with Gasteiger partial charge in [-0.05, 0) is 44.5 Å². The maximum Gasteiger partial charge on any atom is 0.338 e. The third-order valence-electron chi connectivity index (χ3n) is 13.9. The van der Waals surface area contributed by atoms with E-state index in [-0.39, 0.29) is 59.5 Å². The molecule has 0 bridgehead atoms. The van der Waals surface area contributed by atoms with Crippen LogP contribution in [-0.4, -0.2) is 74.0 Å². The number of rotatable bonds is 27. The molecule has 80 heavy (non-hydrogen) atoms. The first kappa shape index (κ1) is 56.1.